The van der Waals surface area contributed by atoms with Crippen LogP contribution in [0.15, 0.2) is 6.20 Å². The Kier molecular flexibility index (Phi) is 4.38. The molecule has 0 aromatic carbocycles. The van der Waals surface area contributed by atoms with Gasteiger partial charge in [0.1, 0.15) is 0 Å². The zero-order valence-corrected chi connectivity index (χ0v) is 11.2. The molecule has 1 aromatic rings. The summed E-state index contributed by atoms with van der Waals surface area (Å²) < 4.78 is 1.72. The van der Waals surface area contributed by atoms with Crippen molar-refractivity contribution in [3.63, 3.8) is 0 Å². The molecule has 2 rings (SSSR count). The highest BCUT2D eigenvalue weighted by molar-refractivity contribution is 7.99. The van der Waals surface area contributed by atoms with Crippen LogP contribution >= 0.6 is 11.8 Å². The minimum atomic E-state index is 0.226. The van der Waals surface area contributed by atoms with Crippen molar-refractivity contribution in [2.45, 2.75) is 18.5 Å². The smallest absolute Gasteiger partial charge is 0.0843 e. The van der Waals surface area contributed by atoms with Gasteiger partial charge in [-0.25, -0.2) is 0 Å². The summed E-state index contributed by atoms with van der Waals surface area (Å²) in [6.45, 7) is 1.12. The van der Waals surface area contributed by atoms with Crippen molar-refractivity contribution >= 4 is 11.8 Å². The first-order chi connectivity index (χ1) is 8.20. The lowest BCUT2D eigenvalue weighted by Crippen LogP contribution is -2.55. The highest BCUT2D eigenvalue weighted by atomic mass is 32.2. The molecule has 0 amide bonds. The number of aryl methyl sites for hydroxylation is 1. The molecule has 1 fully saturated rings. The molecule has 7 heteroatoms. The molecular formula is C10H20N6S. The molecule has 0 radical (unpaired) electrons. The molecule has 6 nitrogen and oxygen atoms in total. The highest BCUT2D eigenvalue weighted by Crippen LogP contribution is 2.18. The summed E-state index contributed by atoms with van der Waals surface area (Å²) in [5.41, 5.74) is 3.91. The average Bonchev–Trinajstić information content (AvgIpc) is 2.73. The third kappa shape index (κ3) is 3.19. The summed E-state index contributed by atoms with van der Waals surface area (Å²) in [7, 11) is 4.04. The second-order valence-corrected chi connectivity index (χ2v) is 5.63. The number of nitrogens with two attached hydrogens (primary N) is 1. The molecule has 1 aromatic heterocycles. The van der Waals surface area contributed by atoms with Gasteiger partial charge in [-0.3, -0.25) is 16.0 Å². The number of rotatable bonds is 4. The summed E-state index contributed by atoms with van der Waals surface area (Å²) in [5.74, 6) is 8.00. The van der Waals surface area contributed by atoms with Crippen molar-refractivity contribution in [2.24, 2.45) is 12.9 Å². The lowest BCUT2D eigenvalue weighted by molar-refractivity contribution is 0.213. The maximum absolute atomic E-state index is 5.68. The molecule has 2 heterocycles. The molecule has 0 spiro atoms. The lowest BCUT2D eigenvalue weighted by Gasteiger charge is -2.37. The number of hydrazine groups is 1. The minimum absolute atomic E-state index is 0.226. The van der Waals surface area contributed by atoms with Crippen molar-refractivity contribution in [3.05, 3.63) is 11.9 Å². The van der Waals surface area contributed by atoms with Crippen LogP contribution in [0, 0.1) is 0 Å². The first kappa shape index (κ1) is 12.8. The number of hydrogen-bond acceptors (Lipinski definition) is 6. The molecule has 96 valence electrons. The first-order valence-corrected chi connectivity index (χ1v) is 6.95. The lowest BCUT2D eigenvalue weighted by atomic mass is 10.0. The second kappa shape index (κ2) is 5.81. The second-order valence-electron chi connectivity index (χ2n) is 4.48. The number of thioether (sulfide) groups is 1. The molecule has 2 unspecified atom stereocenters. The Morgan fingerprint density at radius 2 is 2.47 bits per heavy atom. The summed E-state index contributed by atoms with van der Waals surface area (Å²) in [5, 5.41) is 8.06. The Balaban J connectivity index is 2.00. The number of aromatic nitrogens is 3. The molecule has 1 aliphatic heterocycles. The van der Waals surface area contributed by atoms with Gasteiger partial charge in [-0.15, -0.1) is 5.10 Å². The Labute approximate surface area is 106 Å². The van der Waals surface area contributed by atoms with Crippen molar-refractivity contribution in [2.75, 3.05) is 25.1 Å². The minimum Gasteiger partial charge on any atom is -0.300 e. The molecule has 0 bridgehead atoms. The van der Waals surface area contributed by atoms with Crippen molar-refractivity contribution in [1.82, 2.24) is 25.3 Å². The van der Waals surface area contributed by atoms with Gasteiger partial charge in [-0.2, -0.15) is 11.8 Å². The molecule has 1 aliphatic rings. The largest absolute Gasteiger partial charge is 0.300 e. The van der Waals surface area contributed by atoms with E-state index in [9.17, 15) is 0 Å². The Hall–Kier alpha value is -0.630. The van der Waals surface area contributed by atoms with Crippen LogP contribution in [-0.2, 0) is 13.5 Å². The normalized spacial score (nSPS) is 23.8. The topological polar surface area (TPSA) is 72.0 Å². The van der Waals surface area contributed by atoms with Crippen LogP contribution < -0.4 is 11.3 Å². The Morgan fingerprint density at radius 1 is 1.65 bits per heavy atom. The van der Waals surface area contributed by atoms with E-state index in [4.69, 9.17) is 5.84 Å². The fourth-order valence-corrected chi connectivity index (χ4v) is 3.46. The van der Waals surface area contributed by atoms with Crippen molar-refractivity contribution in [1.29, 1.82) is 0 Å². The Morgan fingerprint density at radius 3 is 3.06 bits per heavy atom. The van der Waals surface area contributed by atoms with Gasteiger partial charge in [0, 0.05) is 49.8 Å². The third-order valence-electron chi connectivity index (χ3n) is 3.20. The van der Waals surface area contributed by atoms with E-state index in [1.54, 1.807) is 4.68 Å². The van der Waals surface area contributed by atoms with Gasteiger partial charge < -0.3 is 4.90 Å². The van der Waals surface area contributed by atoms with Crippen molar-refractivity contribution < 1.29 is 0 Å². The number of nitrogens with one attached hydrogen (secondary N) is 1. The molecular weight excluding hydrogens is 236 g/mol. The van der Waals surface area contributed by atoms with Crippen LogP contribution in [0.4, 0.5) is 0 Å². The first-order valence-electron chi connectivity index (χ1n) is 5.80. The molecule has 0 aliphatic carbocycles. The summed E-state index contributed by atoms with van der Waals surface area (Å²) in [6.07, 6.45) is 2.76. The number of nitrogens with zero attached hydrogens (tertiary/aromatic N) is 4. The maximum atomic E-state index is 5.68. The van der Waals surface area contributed by atoms with E-state index in [1.165, 1.54) is 5.75 Å². The van der Waals surface area contributed by atoms with Crippen LogP contribution in [0.1, 0.15) is 5.69 Å². The summed E-state index contributed by atoms with van der Waals surface area (Å²) >= 11 is 1.99. The van der Waals surface area contributed by atoms with Gasteiger partial charge >= 0.3 is 0 Å². The van der Waals surface area contributed by atoms with E-state index in [1.807, 2.05) is 25.0 Å². The fourth-order valence-electron chi connectivity index (χ4n) is 2.15. The average molecular weight is 256 g/mol. The van der Waals surface area contributed by atoms with Crippen LogP contribution in [0.2, 0.25) is 0 Å². The van der Waals surface area contributed by atoms with Gasteiger partial charge in [0.05, 0.1) is 5.69 Å². The molecule has 3 N–H and O–H groups in total. The predicted molar refractivity (Wildman–Crippen MR) is 69.6 cm³/mol. The highest BCUT2D eigenvalue weighted by Gasteiger charge is 2.27. The van der Waals surface area contributed by atoms with E-state index in [0.717, 1.165) is 24.4 Å². The number of likely N-dealkylation sites (N-methyl/N-ethyl adjacent to an activating group) is 1. The predicted octanol–water partition coefficient (Wildman–Crippen LogP) is -0.763. The standard InChI is InChI=1S/C10H20N6S/c1-15-3-4-17-7-10(15)9(12-11)5-8-6-16(2)14-13-8/h6,9-10,12H,3-5,7,11H2,1-2H3. The van der Waals surface area contributed by atoms with Crippen LogP contribution in [0.25, 0.3) is 0 Å². The Bertz CT molecular complexity index is 354. The molecule has 0 saturated carbocycles. The van der Waals surface area contributed by atoms with Gasteiger partial charge in [0.2, 0.25) is 0 Å². The molecule has 17 heavy (non-hydrogen) atoms. The SMILES string of the molecule is CN1CCSCC1C(Cc1cn(C)nn1)NN. The molecule has 1 saturated heterocycles. The van der Waals surface area contributed by atoms with E-state index >= 15 is 0 Å². The zero-order chi connectivity index (χ0) is 12.3. The van der Waals surface area contributed by atoms with Gasteiger partial charge in [0.15, 0.2) is 0 Å². The van der Waals surface area contributed by atoms with E-state index < -0.39 is 0 Å². The third-order valence-corrected chi connectivity index (χ3v) is 4.25. The van der Waals surface area contributed by atoms with E-state index in [-0.39, 0.29) is 6.04 Å². The van der Waals surface area contributed by atoms with E-state index in [2.05, 4.69) is 27.7 Å². The van der Waals surface area contributed by atoms with Crippen LogP contribution in [-0.4, -0.2) is 57.1 Å². The van der Waals surface area contributed by atoms with Crippen LogP contribution in [0.5, 0.6) is 0 Å². The monoisotopic (exact) mass is 256 g/mol. The summed E-state index contributed by atoms with van der Waals surface area (Å²) in [6, 6.07) is 0.685. The molecule has 2 atom stereocenters. The zero-order valence-electron chi connectivity index (χ0n) is 10.3. The van der Waals surface area contributed by atoms with Gasteiger partial charge in [-0.05, 0) is 7.05 Å². The summed E-state index contributed by atoms with van der Waals surface area (Å²) in [4.78, 5) is 2.37. The van der Waals surface area contributed by atoms with Crippen molar-refractivity contribution in [3.8, 4) is 0 Å². The maximum Gasteiger partial charge on any atom is 0.0843 e. The van der Waals surface area contributed by atoms with Gasteiger partial charge in [-0.1, -0.05) is 5.21 Å². The van der Waals surface area contributed by atoms with Gasteiger partial charge in [0.25, 0.3) is 0 Å². The quantitative estimate of drug-likeness (QED) is 0.545. The van der Waals surface area contributed by atoms with Crippen LogP contribution in [0.3, 0.4) is 0 Å². The number of hydrogen-bond donors (Lipinski definition) is 2. The van der Waals surface area contributed by atoms with E-state index in [0.29, 0.717) is 6.04 Å². The fraction of sp³-hybridized carbons (Fsp3) is 0.800.